The lowest BCUT2D eigenvalue weighted by Crippen LogP contribution is -2.46. The molecule has 1 aromatic carbocycles. The summed E-state index contributed by atoms with van der Waals surface area (Å²) in [6.07, 6.45) is 1.41. The Kier molecular flexibility index (Phi) is 5.83. The second-order valence-corrected chi connectivity index (χ2v) is 4.92. The molecule has 0 aromatic heterocycles. The lowest BCUT2D eigenvalue weighted by molar-refractivity contribution is -0.127. The predicted molar refractivity (Wildman–Crippen MR) is 86.3 cm³/mol. The van der Waals surface area contributed by atoms with Crippen LogP contribution in [0.5, 0.6) is 11.5 Å². The van der Waals surface area contributed by atoms with Crippen LogP contribution < -0.4 is 20.1 Å². The van der Waals surface area contributed by atoms with Gasteiger partial charge in [0.1, 0.15) is 23.1 Å². The average Bonchev–Trinajstić information content (AvgIpc) is 2.62. The number of amides is 1. The predicted octanol–water partition coefficient (Wildman–Crippen LogP) is 0.955. The fourth-order valence-corrected chi connectivity index (χ4v) is 2.25. The Morgan fingerprint density at radius 3 is 2.70 bits per heavy atom. The van der Waals surface area contributed by atoms with Gasteiger partial charge < -0.3 is 25.0 Å². The normalized spacial score (nSPS) is 14.8. The van der Waals surface area contributed by atoms with Crippen molar-refractivity contribution in [3.63, 3.8) is 0 Å². The van der Waals surface area contributed by atoms with Crippen LogP contribution in [0.1, 0.15) is 0 Å². The number of benzene rings is 1. The highest BCUT2D eigenvalue weighted by atomic mass is 16.5. The highest BCUT2D eigenvalue weighted by Crippen LogP contribution is 2.29. The Hall–Kier alpha value is -2.72. The van der Waals surface area contributed by atoms with Gasteiger partial charge in [-0.1, -0.05) is 0 Å². The summed E-state index contributed by atoms with van der Waals surface area (Å²) in [6, 6.07) is 7.20. The molecule has 2 rings (SSSR count). The summed E-state index contributed by atoms with van der Waals surface area (Å²) in [5.74, 6) is 0.954. The molecule has 23 heavy (non-hydrogen) atoms. The third-order valence-electron chi connectivity index (χ3n) is 3.54. The number of carbonyl (C=O) groups excluding carboxylic acids is 1. The van der Waals surface area contributed by atoms with Crippen molar-refractivity contribution in [2.75, 3.05) is 45.7 Å². The van der Waals surface area contributed by atoms with E-state index in [1.807, 2.05) is 6.07 Å². The molecular weight excluding hydrogens is 296 g/mol. The van der Waals surface area contributed by atoms with Crippen LogP contribution in [0.2, 0.25) is 0 Å². The van der Waals surface area contributed by atoms with Crippen LogP contribution in [0.4, 0.5) is 5.69 Å². The quantitative estimate of drug-likeness (QED) is 0.621. The summed E-state index contributed by atoms with van der Waals surface area (Å²) in [7, 11) is 3.11. The number of hydrogen-bond donors (Lipinski definition) is 2. The van der Waals surface area contributed by atoms with Gasteiger partial charge in [0.15, 0.2) is 0 Å². The number of ether oxygens (including phenoxy) is 2. The first-order chi connectivity index (χ1) is 11.2. The molecule has 2 N–H and O–H groups in total. The molecule has 1 aliphatic rings. The van der Waals surface area contributed by atoms with Crippen LogP contribution in [0, 0.1) is 11.3 Å². The zero-order valence-corrected chi connectivity index (χ0v) is 13.3. The van der Waals surface area contributed by atoms with Crippen molar-refractivity contribution in [2.24, 2.45) is 0 Å². The molecule has 0 saturated carbocycles. The van der Waals surface area contributed by atoms with Gasteiger partial charge in [0.2, 0.25) is 0 Å². The van der Waals surface area contributed by atoms with Crippen LogP contribution in [0.25, 0.3) is 0 Å². The number of nitriles is 1. The summed E-state index contributed by atoms with van der Waals surface area (Å²) in [6.45, 7) is 2.68. The highest BCUT2D eigenvalue weighted by Gasteiger charge is 2.20. The molecule has 1 fully saturated rings. The van der Waals surface area contributed by atoms with Crippen molar-refractivity contribution in [3.05, 3.63) is 30.0 Å². The summed E-state index contributed by atoms with van der Waals surface area (Å²) in [4.78, 5) is 14.0. The molecule has 1 aromatic rings. The van der Waals surface area contributed by atoms with Crippen LogP contribution in [0.15, 0.2) is 30.0 Å². The molecule has 122 valence electrons. The SMILES string of the molecule is COc1ccc(N/C=C(/C#N)C(=O)N2CCNCC2)c(OC)c1. The second kappa shape index (κ2) is 8.06. The Morgan fingerprint density at radius 1 is 1.35 bits per heavy atom. The van der Waals surface area contributed by atoms with Crippen LogP contribution in [-0.2, 0) is 4.79 Å². The monoisotopic (exact) mass is 316 g/mol. The highest BCUT2D eigenvalue weighted by molar-refractivity contribution is 5.97. The molecule has 7 heteroatoms. The van der Waals surface area contributed by atoms with Gasteiger partial charge in [-0.2, -0.15) is 5.26 Å². The third-order valence-corrected chi connectivity index (χ3v) is 3.54. The van der Waals surface area contributed by atoms with Crippen LogP contribution in [0.3, 0.4) is 0 Å². The van der Waals surface area contributed by atoms with Crippen molar-refractivity contribution >= 4 is 11.6 Å². The van der Waals surface area contributed by atoms with E-state index in [0.29, 0.717) is 30.3 Å². The number of rotatable bonds is 5. The Labute approximate surface area is 135 Å². The first-order valence-corrected chi connectivity index (χ1v) is 7.28. The van der Waals surface area contributed by atoms with Gasteiger partial charge in [0, 0.05) is 38.4 Å². The first-order valence-electron chi connectivity index (χ1n) is 7.28. The van der Waals surface area contributed by atoms with E-state index in [-0.39, 0.29) is 11.5 Å². The number of carbonyl (C=O) groups is 1. The molecule has 1 amide bonds. The van der Waals surface area contributed by atoms with Crippen molar-refractivity contribution in [1.82, 2.24) is 10.2 Å². The Balaban J connectivity index is 2.13. The minimum absolute atomic E-state index is 0.0600. The van der Waals surface area contributed by atoms with Gasteiger partial charge in [0.05, 0.1) is 19.9 Å². The number of nitrogens with zero attached hydrogens (tertiary/aromatic N) is 2. The van der Waals surface area contributed by atoms with E-state index in [1.165, 1.54) is 6.20 Å². The zero-order chi connectivity index (χ0) is 16.7. The van der Waals surface area contributed by atoms with E-state index >= 15 is 0 Å². The van der Waals surface area contributed by atoms with Gasteiger partial charge in [-0.25, -0.2) is 0 Å². The first kappa shape index (κ1) is 16.6. The standard InChI is InChI=1S/C16H20N4O3/c1-22-13-3-4-14(15(9-13)23-2)19-11-12(10-17)16(21)20-7-5-18-6-8-20/h3-4,9,11,18-19H,5-8H2,1-2H3/b12-11-. The van der Waals surface area contributed by atoms with Crippen molar-refractivity contribution in [2.45, 2.75) is 0 Å². The van der Waals surface area contributed by atoms with E-state index in [1.54, 1.807) is 37.3 Å². The molecule has 0 aliphatic carbocycles. The lowest BCUT2D eigenvalue weighted by atomic mass is 10.2. The van der Waals surface area contributed by atoms with Crippen molar-refractivity contribution in [3.8, 4) is 17.6 Å². The third kappa shape index (κ3) is 4.14. The topological polar surface area (TPSA) is 86.6 Å². The summed E-state index contributed by atoms with van der Waals surface area (Å²) in [5.41, 5.74) is 0.707. The molecule has 0 atom stereocenters. The van der Waals surface area contributed by atoms with E-state index < -0.39 is 0 Å². The molecule has 1 aliphatic heterocycles. The van der Waals surface area contributed by atoms with E-state index in [4.69, 9.17) is 9.47 Å². The fourth-order valence-electron chi connectivity index (χ4n) is 2.25. The van der Waals surface area contributed by atoms with E-state index in [9.17, 15) is 10.1 Å². The largest absolute Gasteiger partial charge is 0.497 e. The maximum absolute atomic E-state index is 12.3. The minimum Gasteiger partial charge on any atom is -0.497 e. The Bertz CT molecular complexity index is 631. The van der Waals surface area contributed by atoms with Gasteiger partial charge >= 0.3 is 0 Å². The molecule has 0 unspecified atom stereocenters. The molecule has 0 bridgehead atoms. The number of piperazine rings is 1. The number of hydrogen-bond acceptors (Lipinski definition) is 6. The van der Waals surface area contributed by atoms with Crippen LogP contribution in [-0.4, -0.2) is 51.2 Å². The van der Waals surface area contributed by atoms with Crippen molar-refractivity contribution in [1.29, 1.82) is 5.26 Å². The summed E-state index contributed by atoms with van der Waals surface area (Å²) >= 11 is 0. The zero-order valence-electron chi connectivity index (χ0n) is 13.3. The Morgan fingerprint density at radius 2 is 2.09 bits per heavy atom. The molecule has 1 heterocycles. The van der Waals surface area contributed by atoms with Gasteiger partial charge in [-0.3, -0.25) is 4.79 Å². The summed E-state index contributed by atoms with van der Waals surface area (Å²) < 4.78 is 10.4. The maximum Gasteiger partial charge on any atom is 0.266 e. The maximum atomic E-state index is 12.3. The van der Waals surface area contributed by atoms with Crippen molar-refractivity contribution < 1.29 is 14.3 Å². The van der Waals surface area contributed by atoms with Crippen LogP contribution >= 0.6 is 0 Å². The van der Waals surface area contributed by atoms with Gasteiger partial charge in [-0.05, 0) is 12.1 Å². The minimum atomic E-state index is -0.269. The van der Waals surface area contributed by atoms with Gasteiger partial charge in [0.25, 0.3) is 5.91 Å². The summed E-state index contributed by atoms with van der Waals surface area (Å²) in [5, 5.41) is 15.4. The number of methoxy groups -OCH3 is 2. The number of nitrogens with one attached hydrogen (secondary N) is 2. The van der Waals surface area contributed by atoms with E-state index in [2.05, 4.69) is 10.6 Å². The molecule has 0 radical (unpaired) electrons. The fraction of sp³-hybridized carbons (Fsp3) is 0.375. The average molecular weight is 316 g/mol. The second-order valence-electron chi connectivity index (χ2n) is 4.92. The van der Waals surface area contributed by atoms with E-state index in [0.717, 1.165) is 13.1 Å². The lowest BCUT2D eigenvalue weighted by Gasteiger charge is -2.27. The molecule has 0 spiro atoms. The number of anilines is 1. The molecule has 7 nitrogen and oxygen atoms in total. The van der Waals surface area contributed by atoms with Gasteiger partial charge in [-0.15, -0.1) is 0 Å². The molecule has 1 saturated heterocycles. The molecular formula is C16H20N4O3. The smallest absolute Gasteiger partial charge is 0.266 e.